The molecule has 0 unspecified atom stereocenters. The summed E-state index contributed by atoms with van der Waals surface area (Å²) in [5, 5.41) is 4.21. The van der Waals surface area contributed by atoms with Gasteiger partial charge in [0.05, 0.1) is 11.4 Å². The maximum absolute atomic E-state index is 13.8. The number of nitrogen functional groups attached to an aromatic ring is 1. The van der Waals surface area contributed by atoms with Gasteiger partial charge in [-0.05, 0) is 12.1 Å². The average molecular weight is 234 g/mol. The molecule has 0 spiro atoms. The lowest BCUT2D eigenvalue weighted by molar-refractivity contribution is 0.626. The Bertz CT molecular complexity index is 526. The number of aryl methyl sites for hydroxylation is 1. The summed E-state index contributed by atoms with van der Waals surface area (Å²) in [6.07, 6.45) is 0. The fourth-order valence-electron chi connectivity index (χ4n) is 1.65. The van der Waals surface area contributed by atoms with Crippen LogP contribution in [0.15, 0.2) is 24.3 Å². The minimum Gasteiger partial charge on any atom is -0.384 e. The third kappa shape index (κ3) is 2.08. The molecule has 2 aromatic rings. The van der Waals surface area contributed by atoms with E-state index < -0.39 is 0 Å². The second-order valence-corrected chi connectivity index (χ2v) is 4.14. The highest BCUT2D eigenvalue weighted by atomic mass is 19.1. The molecule has 1 aromatic carbocycles. The van der Waals surface area contributed by atoms with Crippen LogP contribution in [0, 0.1) is 5.82 Å². The van der Waals surface area contributed by atoms with E-state index in [4.69, 9.17) is 5.73 Å². The highest BCUT2D eigenvalue weighted by Gasteiger charge is 2.09. The normalized spacial score (nSPS) is 10.6. The molecule has 0 bridgehead atoms. The van der Waals surface area contributed by atoms with Gasteiger partial charge in [0.15, 0.2) is 0 Å². The van der Waals surface area contributed by atoms with E-state index in [1.54, 1.807) is 42.9 Å². The van der Waals surface area contributed by atoms with Crippen molar-refractivity contribution in [1.82, 2.24) is 9.78 Å². The first-order valence-electron chi connectivity index (χ1n) is 5.26. The predicted molar refractivity (Wildman–Crippen MR) is 67.3 cm³/mol. The van der Waals surface area contributed by atoms with Crippen LogP contribution in [0.4, 0.5) is 15.9 Å². The van der Waals surface area contributed by atoms with Crippen LogP contribution in [0.5, 0.6) is 0 Å². The quantitative estimate of drug-likeness (QED) is 0.863. The summed E-state index contributed by atoms with van der Waals surface area (Å²) < 4.78 is 15.3. The van der Waals surface area contributed by atoms with Gasteiger partial charge in [-0.1, -0.05) is 6.07 Å². The molecule has 1 aromatic heterocycles. The molecule has 0 atom stereocenters. The number of anilines is 2. The number of hydrogen-bond donors (Lipinski definition) is 1. The van der Waals surface area contributed by atoms with Crippen LogP contribution in [0.2, 0.25) is 0 Å². The summed E-state index contributed by atoms with van der Waals surface area (Å²) in [4.78, 5) is 1.73. The van der Waals surface area contributed by atoms with E-state index in [9.17, 15) is 4.39 Å². The Morgan fingerprint density at radius 2 is 2.00 bits per heavy atom. The fraction of sp³-hybridized carbons (Fsp3) is 0.250. The SMILES string of the molecule is CN(C)c1ccc(-c2cc(N)n(C)n2)cc1F. The molecule has 0 aliphatic heterocycles. The van der Waals surface area contributed by atoms with Crippen LogP contribution in [0.3, 0.4) is 0 Å². The van der Waals surface area contributed by atoms with E-state index in [1.165, 1.54) is 6.07 Å². The molecular formula is C12H15FN4. The van der Waals surface area contributed by atoms with E-state index >= 15 is 0 Å². The molecule has 0 aliphatic rings. The van der Waals surface area contributed by atoms with Gasteiger partial charge in [0.1, 0.15) is 11.6 Å². The van der Waals surface area contributed by atoms with Crippen LogP contribution in [-0.2, 0) is 7.05 Å². The van der Waals surface area contributed by atoms with Gasteiger partial charge in [-0.3, -0.25) is 4.68 Å². The second-order valence-electron chi connectivity index (χ2n) is 4.14. The van der Waals surface area contributed by atoms with Crippen LogP contribution < -0.4 is 10.6 Å². The minimum absolute atomic E-state index is 0.267. The molecule has 0 saturated heterocycles. The molecule has 0 radical (unpaired) electrons. The Morgan fingerprint density at radius 3 is 2.47 bits per heavy atom. The average Bonchev–Trinajstić information content (AvgIpc) is 2.58. The largest absolute Gasteiger partial charge is 0.384 e. The zero-order valence-corrected chi connectivity index (χ0v) is 10.1. The number of nitrogens with zero attached hydrogens (tertiary/aromatic N) is 3. The summed E-state index contributed by atoms with van der Waals surface area (Å²) >= 11 is 0. The zero-order valence-electron chi connectivity index (χ0n) is 10.1. The highest BCUT2D eigenvalue weighted by Crippen LogP contribution is 2.25. The fourth-order valence-corrected chi connectivity index (χ4v) is 1.65. The van der Waals surface area contributed by atoms with Gasteiger partial charge in [0, 0.05) is 32.8 Å². The summed E-state index contributed by atoms with van der Waals surface area (Å²) in [6, 6.07) is 6.76. The number of rotatable bonds is 2. The lowest BCUT2D eigenvalue weighted by Gasteiger charge is -2.13. The van der Waals surface area contributed by atoms with Gasteiger partial charge in [-0.25, -0.2) is 4.39 Å². The monoisotopic (exact) mass is 234 g/mol. The topological polar surface area (TPSA) is 47.1 Å². The lowest BCUT2D eigenvalue weighted by atomic mass is 10.1. The van der Waals surface area contributed by atoms with Crippen molar-refractivity contribution in [2.24, 2.45) is 7.05 Å². The van der Waals surface area contributed by atoms with Crippen molar-refractivity contribution in [3.05, 3.63) is 30.1 Å². The molecule has 1 heterocycles. The number of aromatic nitrogens is 2. The first-order valence-corrected chi connectivity index (χ1v) is 5.26. The summed E-state index contributed by atoms with van der Waals surface area (Å²) in [7, 11) is 5.36. The van der Waals surface area contributed by atoms with E-state index in [-0.39, 0.29) is 5.82 Å². The number of hydrogen-bond acceptors (Lipinski definition) is 3. The summed E-state index contributed by atoms with van der Waals surface area (Å²) in [5.74, 6) is 0.286. The Hall–Kier alpha value is -2.04. The highest BCUT2D eigenvalue weighted by molar-refractivity contribution is 5.65. The molecule has 5 heteroatoms. The van der Waals surface area contributed by atoms with E-state index in [0.29, 0.717) is 17.2 Å². The van der Waals surface area contributed by atoms with Crippen molar-refractivity contribution in [1.29, 1.82) is 0 Å². The molecule has 0 fully saturated rings. The van der Waals surface area contributed by atoms with Crippen molar-refractivity contribution in [2.75, 3.05) is 24.7 Å². The molecule has 2 rings (SSSR count). The van der Waals surface area contributed by atoms with Gasteiger partial charge in [0.25, 0.3) is 0 Å². The van der Waals surface area contributed by atoms with Gasteiger partial charge >= 0.3 is 0 Å². The van der Waals surface area contributed by atoms with Gasteiger partial charge in [-0.2, -0.15) is 5.10 Å². The Kier molecular flexibility index (Phi) is 2.75. The smallest absolute Gasteiger partial charge is 0.147 e. The molecule has 0 saturated carbocycles. The van der Waals surface area contributed by atoms with Gasteiger partial charge < -0.3 is 10.6 Å². The second kappa shape index (κ2) is 4.08. The van der Waals surface area contributed by atoms with Crippen LogP contribution in [-0.4, -0.2) is 23.9 Å². The summed E-state index contributed by atoms with van der Waals surface area (Å²) in [5.41, 5.74) is 7.64. The molecular weight excluding hydrogens is 219 g/mol. The predicted octanol–water partition coefficient (Wildman–Crippen LogP) is 1.87. The van der Waals surface area contributed by atoms with Crippen molar-refractivity contribution in [3.63, 3.8) is 0 Å². The minimum atomic E-state index is -0.267. The van der Waals surface area contributed by atoms with Crippen molar-refractivity contribution in [2.45, 2.75) is 0 Å². The number of halogens is 1. The Labute approximate surface area is 99.5 Å². The number of benzene rings is 1. The van der Waals surface area contributed by atoms with E-state index in [0.717, 1.165) is 5.56 Å². The van der Waals surface area contributed by atoms with Crippen molar-refractivity contribution < 1.29 is 4.39 Å². The first-order chi connectivity index (χ1) is 7.99. The van der Waals surface area contributed by atoms with Crippen molar-refractivity contribution in [3.8, 4) is 11.3 Å². The first kappa shape index (κ1) is 11.4. The van der Waals surface area contributed by atoms with Crippen LogP contribution >= 0.6 is 0 Å². The van der Waals surface area contributed by atoms with E-state index in [2.05, 4.69) is 5.10 Å². The molecule has 4 nitrogen and oxygen atoms in total. The Balaban J connectivity index is 2.44. The third-order valence-corrected chi connectivity index (χ3v) is 2.64. The summed E-state index contributed by atoms with van der Waals surface area (Å²) in [6.45, 7) is 0. The van der Waals surface area contributed by atoms with Gasteiger partial charge in [0.2, 0.25) is 0 Å². The van der Waals surface area contributed by atoms with E-state index in [1.807, 2.05) is 6.07 Å². The maximum atomic E-state index is 13.8. The Morgan fingerprint density at radius 1 is 1.29 bits per heavy atom. The van der Waals surface area contributed by atoms with Crippen molar-refractivity contribution >= 4 is 11.5 Å². The standard InChI is InChI=1S/C12H15FN4/c1-16(2)11-5-4-8(6-9(11)13)10-7-12(14)17(3)15-10/h4-7H,14H2,1-3H3. The molecule has 0 amide bonds. The molecule has 2 N–H and O–H groups in total. The van der Waals surface area contributed by atoms with Gasteiger partial charge in [-0.15, -0.1) is 0 Å². The number of nitrogens with two attached hydrogens (primary N) is 1. The molecule has 17 heavy (non-hydrogen) atoms. The zero-order chi connectivity index (χ0) is 12.6. The lowest BCUT2D eigenvalue weighted by Crippen LogP contribution is -2.10. The third-order valence-electron chi connectivity index (χ3n) is 2.64. The van der Waals surface area contributed by atoms with Crippen LogP contribution in [0.1, 0.15) is 0 Å². The maximum Gasteiger partial charge on any atom is 0.147 e. The van der Waals surface area contributed by atoms with Crippen LogP contribution in [0.25, 0.3) is 11.3 Å². The molecule has 90 valence electrons. The molecule has 0 aliphatic carbocycles.